The fourth-order valence-electron chi connectivity index (χ4n) is 4.23. The van der Waals surface area contributed by atoms with Crippen LogP contribution in [-0.4, -0.2) is 56.3 Å². The lowest BCUT2D eigenvalue weighted by atomic mass is 10.1. The summed E-state index contributed by atoms with van der Waals surface area (Å²) in [4.78, 5) is 27.0. The number of hydrogen-bond donors (Lipinski definition) is 1. The Morgan fingerprint density at radius 2 is 1.67 bits per heavy atom. The molecule has 0 aliphatic carbocycles. The van der Waals surface area contributed by atoms with Gasteiger partial charge in [0.15, 0.2) is 0 Å². The van der Waals surface area contributed by atoms with Crippen molar-refractivity contribution in [3.8, 4) is 5.75 Å². The highest BCUT2D eigenvalue weighted by molar-refractivity contribution is 7.89. The molecule has 33 heavy (non-hydrogen) atoms. The average molecular weight is 472 g/mol. The highest BCUT2D eigenvalue weighted by Gasteiger charge is 2.41. The molecule has 2 amide bonds. The molecule has 9 heteroatoms. The highest BCUT2D eigenvalue weighted by Crippen LogP contribution is 2.27. The van der Waals surface area contributed by atoms with Crippen molar-refractivity contribution in [3.63, 3.8) is 0 Å². The predicted molar refractivity (Wildman–Crippen MR) is 124 cm³/mol. The minimum atomic E-state index is -3.52. The van der Waals surface area contributed by atoms with Gasteiger partial charge in [-0.25, -0.2) is 13.3 Å². The summed E-state index contributed by atoms with van der Waals surface area (Å²) in [7, 11) is -3.52. The summed E-state index contributed by atoms with van der Waals surface area (Å²) in [6.07, 6.45) is 2.14. The maximum Gasteiger partial charge on any atom is 0.251 e. The fraction of sp³-hybridized carbons (Fsp3) is 0.417. The molecule has 4 rings (SSSR count). The number of rotatable bonds is 8. The number of carbonyl (C=O) groups excluding carboxylic acids is 2. The Morgan fingerprint density at radius 3 is 2.30 bits per heavy atom. The molecule has 2 aromatic carbocycles. The molecular formula is C24H29N3O5S. The number of amides is 2. The lowest BCUT2D eigenvalue weighted by Crippen LogP contribution is -2.49. The van der Waals surface area contributed by atoms with Crippen molar-refractivity contribution in [1.29, 1.82) is 0 Å². The molecule has 2 aliphatic heterocycles. The zero-order valence-electron chi connectivity index (χ0n) is 18.6. The molecule has 8 nitrogen and oxygen atoms in total. The lowest BCUT2D eigenvalue weighted by molar-refractivity contribution is -0.121. The lowest BCUT2D eigenvalue weighted by Gasteiger charge is -2.32. The monoisotopic (exact) mass is 471 g/mol. The number of nitrogens with one attached hydrogen (secondary N) is 1. The summed E-state index contributed by atoms with van der Waals surface area (Å²) in [5, 5.41) is 3.29. The number of carbonyl (C=O) groups is 2. The van der Waals surface area contributed by atoms with E-state index in [2.05, 4.69) is 5.32 Å². The summed E-state index contributed by atoms with van der Waals surface area (Å²) in [6, 6.07) is 14.7. The van der Waals surface area contributed by atoms with Crippen molar-refractivity contribution in [2.75, 3.05) is 24.6 Å². The van der Waals surface area contributed by atoms with Crippen molar-refractivity contribution >= 4 is 27.5 Å². The van der Waals surface area contributed by atoms with Crippen LogP contribution in [0.5, 0.6) is 5.75 Å². The molecule has 2 heterocycles. The molecule has 0 radical (unpaired) electrons. The second-order valence-corrected chi connectivity index (χ2v) is 10.3. The SMILES string of the molecule is CCCOc1ccc(N2C(=O)C[C@@H](NC3CCN(S(=O)(=O)c4ccccc4)CC3)C2=O)cc1. The highest BCUT2D eigenvalue weighted by atomic mass is 32.2. The second kappa shape index (κ2) is 10.0. The second-order valence-electron chi connectivity index (χ2n) is 8.32. The Labute approximate surface area is 194 Å². The van der Waals surface area contributed by atoms with Crippen LogP contribution in [0.25, 0.3) is 0 Å². The number of piperidine rings is 1. The van der Waals surface area contributed by atoms with E-state index < -0.39 is 16.1 Å². The Hall–Kier alpha value is -2.75. The van der Waals surface area contributed by atoms with Crippen LogP contribution in [0.15, 0.2) is 59.5 Å². The van der Waals surface area contributed by atoms with Crippen LogP contribution >= 0.6 is 0 Å². The topological polar surface area (TPSA) is 96.0 Å². The third-order valence-corrected chi connectivity index (χ3v) is 7.90. The summed E-state index contributed by atoms with van der Waals surface area (Å²) >= 11 is 0. The standard InChI is InChI=1S/C24H29N3O5S/c1-2-16-32-20-10-8-19(9-11-20)27-23(28)17-22(24(27)29)25-18-12-14-26(15-13-18)33(30,31)21-6-4-3-5-7-21/h3-11,18,22,25H,2,12-17H2,1H3/t22-/m1/s1. The van der Waals surface area contributed by atoms with Crippen LogP contribution < -0.4 is 15.0 Å². The quantitative estimate of drug-likeness (QED) is 0.595. The number of hydrogen-bond acceptors (Lipinski definition) is 6. The Morgan fingerprint density at radius 1 is 1.00 bits per heavy atom. The number of sulfonamides is 1. The number of benzene rings is 2. The summed E-state index contributed by atoms with van der Waals surface area (Å²) in [5.74, 6) is 0.178. The Kier molecular flexibility index (Phi) is 7.11. The molecular weight excluding hydrogens is 442 g/mol. The molecule has 1 N–H and O–H groups in total. The normalized spacial score (nSPS) is 20.4. The van der Waals surface area contributed by atoms with Gasteiger partial charge in [0.25, 0.3) is 5.91 Å². The van der Waals surface area contributed by atoms with Gasteiger partial charge in [0.2, 0.25) is 15.9 Å². The average Bonchev–Trinajstić information content (AvgIpc) is 3.11. The largest absolute Gasteiger partial charge is 0.494 e. The molecule has 2 aromatic rings. The molecule has 176 valence electrons. The maximum atomic E-state index is 13.0. The van der Waals surface area contributed by atoms with Crippen LogP contribution in [0, 0.1) is 0 Å². The molecule has 0 spiro atoms. The van der Waals surface area contributed by atoms with E-state index >= 15 is 0 Å². The van der Waals surface area contributed by atoms with E-state index in [1.807, 2.05) is 6.92 Å². The summed E-state index contributed by atoms with van der Waals surface area (Å²) < 4.78 is 32.7. The van der Waals surface area contributed by atoms with E-state index in [0.717, 1.165) is 6.42 Å². The molecule has 0 saturated carbocycles. The van der Waals surface area contributed by atoms with Gasteiger partial charge in [-0.2, -0.15) is 4.31 Å². The molecule has 2 saturated heterocycles. The maximum absolute atomic E-state index is 13.0. The third-order valence-electron chi connectivity index (χ3n) is 5.99. The van der Waals surface area contributed by atoms with Gasteiger partial charge < -0.3 is 10.1 Å². The third kappa shape index (κ3) is 5.10. The van der Waals surface area contributed by atoms with Crippen molar-refractivity contribution in [2.45, 2.75) is 49.6 Å². The van der Waals surface area contributed by atoms with Crippen LogP contribution in [0.2, 0.25) is 0 Å². The van der Waals surface area contributed by atoms with E-state index in [1.165, 1.54) is 9.21 Å². The van der Waals surface area contributed by atoms with Crippen molar-refractivity contribution < 1.29 is 22.7 Å². The Bertz CT molecular complexity index is 1080. The van der Waals surface area contributed by atoms with E-state index in [1.54, 1.807) is 54.6 Å². The van der Waals surface area contributed by atoms with E-state index in [-0.39, 0.29) is 29.2 Å². The molecule has 1 atom stereocenters. The van der Waals surface area contributed by atoms with Crippen molar-refractivity contribution in [2.24, 2.45) is 0 Å². The van der Waals surface area contributed by atoms with Gasteiger partial charge in [-0.1, -0.05) is 25.1 Å². The number of imide groups is 1. The Balaban J connectivity index is 1.34. The zero-order valence-corrected chi connectivity index (χ0v) is 19.5. The van der Waals surface area contributed by atoms with Gasteiger partial charge in [0.05, 0.1) is 29.7 Å². The van der Waals surface area contributed by atoms with Gasteiger partial charge in [0.1, 0.15) is 5.75 Å². The van der Waals surface area contributed by atoms with Crippen molar-refractivity contribution in [1.82, 2.24) is 9.62 Å². The van der Waals surface area contributed by atoms with Crippen LogP contribution in [-0.2, 0) is 19.6 Å². The van der Waals surface area contributed by atoms with Crippen LogP contribution in [0.1, 0.15) is 32.6 Å². The van der Waals surface area contributed by atoms with Gasteiger partial charge in [-0.15, -0.1) is 0 Å². The first-order valence-electron chi connectivity index (χ1n) is 11.3. The van der Waals surface area contributed by atoms with Gasteiger partial charge in [-0.3, -0.25) is 9.59 Å². The first-order valence-corrected chi connectivity index (χ1v) is 12.7. The molecule has 0 bridgehead atoms. The van der Waals surface area contributed by atoms with Crippen molar-refractivity contribution in [3.05, 3.63) is 54.6 Å². The zero-order chi connectivity index (χ0) is 23.4. The molecule has 0 aromatic heterocycles. The number of nitrogens with zero attached hydrogens (tertiary/aromatic N) is 2. The molecule has 2 fully saturated rings. The first-order chi connectivity index (χ1) is 15.9. The molecule has 0 unspecified atom stereocenters. The van der Waals surface area contributed by atoms with Crippen LogP contribution in [0.4, 0.5) is 5.69 Å². The van der Waals surface area contributed by atoms with E-state index in [0.29, 0.717) is 44.0 Å². The van der Waals surface area contributed by atoms with Gasteiger partial charge >= 0.3 is 0 Å². The predicted octanol–water partition coefficient (Wildman–Crippen LogP) is 2.55. The smallest absolute Gasteiger partial charge is 0.251 e. The number of ether oxygens (including phenoxy) is 1. The van der Waals surface area contributed by atoms with E-state index in [9.17, 15) is 18.0 Å². The summed E-state index contributed by atoms with van der Waals surface area (Å²) in [6.45, 7) is 3.37. The minimum Gasteiger partial charge on any atom is -0.494 e. The van der Waals surface area contributed by atoms with Gasteiger partial charge in [0, 0.05) is 19.1 Å². The fourth-order valence-corrected chi connectivity index (χ4v) is 5.72. The van der Waals surface area contributed by atoms with E-state index in [4.69, 9.17) is 4.74 Å². The minimum absolute atomic E-state index is 0.0289. The molecule has 2 aliphatic rings. The number of anilines is 1. The van der Waals surface area contributed by atoms with Crippen LogP contribution in [0.3, 0.4) is 0 Å². The first kappa shape index (κ1) is 23.4. The van der Waals surface area contributed by atoms with Gasteiger partial charge in [-0.05, 0) is 55.7 Å². The summed E-state index contributed by atoms with van der Waals surface area (Å²) in [5.41, 5.74) is 0.530.